The molecule has 1 aromatic rings. The monoisotopic (exact) mass is 390 g/mol. The van der Waals surface area contributed by atoms with Crippen LogP contribution in [0.15, 0.2) is 18.2 Å². The Morgan fingerprint density at radius 2 is 1.83 bits per heavy atom. The minimum absolute atomic E-state index is 0.0493. The van der Waals surface area contributed by atoms with Gasteiger partial charge in [0.15, 0.2) is 0 Å². The van der Waals surface area contributed by atoms with Gasteiger partial charge in [0.05, 0.1) is 15.5 Å². The molecule has 1 N–H and O–H groups in total. The standard InChI is InChI=1S/C17H21Cl3N2O2/c1-17(2,10-18)16(24)21-12-5-7-22(8-6-12)15(23)11-3-4-13(19)14(20)9-11/h3-4,9,12H,5-8,10H2,1-2H3,(H,21,24). The summed E-state index contributed by atoms with van der Waals surface area (Å²) >= 11 is 17.7. The molecule has 2 rings (SSSR count). The molecule has 0 saturated carbocycles. The fourth-order valence-corrected chi connectivity index (χ4v) is 2.90. The number of carbonyl (C=O) groups excluding carboxylic acids is 2. The number of nitrogens with one attached hydrogen (secondary N) is 1. The molecule has 4 nitrogen and oxygen atoms in total. The molecule has 1 saturated heterocycles. The van der Waals surface area contributed by atoms with Crippen molar-refractivity contribution < 1.29 is 9.59 Å². The molecule has 0 spiro atoms. The summed E-state index contributed by atoms with van der Waals surface area (Å²) in [6.07, 6.45) is 1.44. The van der Waals surface area contributed by atoms with E-state index in [9.17, 15) is 9.59 Å². The van der Waals surface area contributed by atoms with Gasteiger partial charge in [0.25, 0.3) is 5.91 Å². The SMILES string of the molecule is CC(C)(CCl)C(=O)NC1CCN(C(=O)c2ccc(Cl)c(Cl)c2)CC1. The van der Waals surface area contributed by atoms with Gasteiger partial charge in [-0.15, -0.1) is 11.6 Å². The average molecular weight is 392 g/mol. The van der Waals surface area contributed by atoms with Crippen LogP contribution in [0, 0.1) is 5.41 Å². The van der Waals surface area contributed by atoms with Crippen molar-refractivity contribution in [2.45, 2.75) is 32.7 Å². The molecule has 24 heavy (non-hydrogen) atoms. The lowest BCUT2D eigenvalue weighted by Crippen LogP contribution is -2.49. The number of alkyl halides is 1. The summed E-state index contributed by atoms with van der Waals surface area (Å²) in [6.45, 7) is 4.81. The summed E-state index contributed by atoms with van der Waals surface area (Å²) in [6, 6.07) is 4.95. The number of benzene rings is 1. The molecule has 1 aromatic carbocycles. The molecular formula is C17H21Cl3N2O2. The third-order valence-corrected chi connectivity index (χ3v) is 5.64. The van der Waals surface area contributed by atoms with E-state index in [1.165, 1.54) is 0 Å². The third-order valence-electron chi connectivity index (χ3n) is 4.23. The van der Waals surface area contributed by atoms with Crippen molar-refractivity contribution in [1.29, 1.82) is 0 Å². The fraction of sp³-hybridized carbons (Fsp3) is 0.529. The van der Waals surface area contributed by atoms with E-state index >= 15 is 0 Å². The van der Waals surface area contributed by atoms with Crippen LogP contribution in [0.2, 0.25) is 10.0 Å². The molecule has 1 aliphatic rings. The van der Waals surface area contributed by atoms with E-state index in [4.69, 9.17) is 34.8 Å². The molecule has 7 heteroatoms. The van der Waals surface area contributed by atoms with Gasteiger partial charge in [-0.2, -0.15) is 0 Å². The number of hydrogen-bond donors (Lipinski definition) is 1. The van der Waals surface area contributed by atoms with Crippen LogP contribution < -0.4 is 5.32 Å². The number of amides is 2. The van der Waals surface area contributed by atoms with E-state index in [2.05, 4.69) is 5.32 Å². The molecule has 0 aliphatic carbocycles. The third kappa shape index (κ3) is 4.56. The average Bonchev–Trinajstić information content (AvgIpc) is 2.57. The van der Waals surface area contributed by atoms with Crippen molar-refractivity contribution in [2.24, 2.45) is 5.41 Å². The number of hydrogen-bond acceptors (Lipinski definition) is 2. The van der Waals surface area contributed by atoms with Crippen LogP contribution in [0.1, 0.15) is 37.0 Å². The highest BCUT2D eigenvalue weighted by atomic mass is 35.5. The Labute approximate surface area is 157 Å². The lowest BCUT2D eigenvalue weighted by Gasteiger charge is -2.34. The zero-order valence-corrected chi connectivity index (χ0v) is 16.0. The number of rotatable bonds is 4. The van der Waals surface area contributed by atoms with Crippen LogP contribution in [0.3, 0.4) is 0 Å². The first kappa shape index (κ1) is 19.4. The van der Waals surface area contributed by atoms with Gasteiger partial charge in [-0.1, -0.05) is 23.2 Å². The maximum atomic E-state index is 12.5. The van der Waals surface area contributed by atoms with Crippen molar-refractivity contribution in [2.75, 3.05) is 19.0 Å². The lowest BCUT2D eigenvalue weighted by molar-refractivity contribution is -0.129. The van der Waals surface area contributed by atoms with Gasteiger partial charge in [-0.25, -0.2) is 0 Å². The van der Waals surface area contributed by atoms with E-state index < -0.39 is 5.41 Å². The molecule has 1 aliphatic heterocycles. The predicted octanol–water partition coefficient (Wildman–Crippen LogP) is 3.98. The number of nitrogens with zero attached hydrogens (tertiary/aromatic N) is 1. The Bertz CT molecular complexity index is 626. The number of halogens is 3. The van der Waals surface area contributed by atoms with E-state index in [-0.39, 0.29) is 23.7 Å². The van der Waals surface area contributed by atoms with E-state index in [0.717, 1.165) is 12.8 Å². The van der Waals surface area contributed by atoms with Gasteiger partial charge in [0.1, 0.15) is 0 Å². The smallest absolute Gasteiger partial charge is 0.253 e. The first-order chi connectivity index (χ1) is 11.2. The Balaban J connectivity index is 1.91. The van der Waals surface area contributed by atoms with Crippen LogP contribution in [-0.2, 0) is 4.79 Å². The lowest BCUT2D eigenvalue weighted by atomic mass is 9.93. The van der Waals surface area contributed by atoms with E-state index in [1.807, 2.05) is 13.8 Å². The van der Waals surface area contributed by atoms with Crippen molar-refractivity contribution >= 4 is 46.6 Å². The summed E-state index contributed by atoms with van der Waals surface area (Å²) in [5.41, 5.74) is -0.0654. The highest BCUT2D eigenvalue weighted by Crippen LogP contribution is 2.24. The quantitative estimate of drug-likeness (QED) is 0.789. The second-order valence-electron chi connectivity index (χ2n) is 6.69. The molecule has 0 aromatic heterocycles. The summed E-state index contributed by atoms with van der Waals surface area (Å²) < 4.78 is 0. The zero-order chi connectivity index (χ0) is 17.9. The van der Waals surface area contributed by atoms with Crippen molar-refractivity contribution in [3.05, 3.63) is 33.8 Å². The molecule has 1 fully saturated rings. The summed E-state index contributed by atoms with van der Waals surface area (Å²) in [4.78, 5) is 26.5. The Morgan fingerprint density at radius 3 is 2.38 bits per heavy atom. The van der Waals surface area contributed by atoms with Gasteiger partial charge < -0.3 is 10.2 Å². The minimum Gasteiger partial charge on any atom is -0.353 e. The topological polar surface area (TPSA) is 49.4 Å². The fourth-order valence-electron chi connectivity index (χ4n) is 2.48. The van der Waals surface area contributed by atoms with Crippen LogP contribution in [0.25, 0.3) is 0 Å². The maximum absolute atomic E-state index is 12.5. The number of likely N-dealkylation sites (tertiary alicyclic amines) is 1. The second-order valence-corrected chi connectivity index (χ2v) is 7.77. The van der Waals surface area contributed by atoms with Gasteiger partial charge in [-0.05, 0) is 44.9 Å². The summed E-state index contributed by atoms with van der Waals surface area (Å²) in [7, 11) is 0. The van der Waals surface area contributed by atoms with Crippen LogP contribution in [0.5, 0.6) is 0 Å². The van der Waals surface area contributed by atoms with E-state index in [1.54, 1.807) is 23.1 Å². The van der Waals surface area contributed by atoms with Crippen LogP contribution in [-0.4, -0.2) is 41.7 Å². The van der Waals surface area contributed by atoms with Gasteiger partial charge in [0, 0.05) is 30.6 Å². The molecule has 0 unspecified atom stereocenters. The summed E-state index contributed by atoms with van der Waals surface area (Å²) in [5.74, 6) is 0.152. The summed E-state index contributed by atoms with van der Waals surface area (Å²) in [5, 5.41) is 3.82. The normalized spacial score (nSPS) is 16.1. The highest BCUT2D eigenvalue weighted by molar-refractivity contribution is 6.42. The van der Waals surface area contributed by atoms with Crippen molar-refractivity contribution in [3.63, 3.8) is 0 Å². The largest absolute Gasteiger partial charge is 0.353 e. The molecule has 0 bridgehead atoms. The van der Waals surface area contributed by atoms with Crippen LogP contribution in [0.4, 0.5) is 0 Å². The Kier molecular flexibility index (Phi) is 6.40. The predicted molar refractivity (Wildman–Crippen MR) is 98.0 cm³/mol. The molecule has 1 heterocycles. The van der Waals surface area contributed by atoms with Crippen molar-refractivity contribution in [3.8, 4) is 0 Å². The first-order valence-corrected chi connectivity index (χ1v) is 9.15. The second kappa shape index (κ2) is 7.94. The van der Waals surface area contributed by atoms with Crippen LogP contribution >= 0.6 is 34.8 Å². The Morgan fingerprint density at radius 1 is 1.21 bits per heavy atom. The Hall–Kier alpha value is -0.970. The molecule has 0 atom stereocenters. The molecule has 0 radical (unpaired) electrons. The van der Waals surface area contributed by atoms with Crippen molar-refractivity contribution in [1.82, 2.24) is 10.2 Å². The maximum Gasteiger partial charge on any atom is 0.253 e. The minimum atomic E-state index is -0.589. The first-order valence-electron chi connectivity index (χ1n) is 7.86. The van der Waals surface area contributed by atoms with Gasteiger partial charge >= 0.3 is 0 Å². The zero-order valence-electron chi connectivity index (χ0n) is 13.7. The highest BCUT2D eigenvalue weighted by Gasteiger charge is 2.30. The van der Waals surface area contributed by atoms with E-state index in [0.29, 0.717) is 28.7 Å². The van der Waals surface area contributed by atoms with Gasteiger partial charge in [0.2, 0.25) is 5.91 Å². The molecular weight excluding hydrogens is 371 g/mol. The molecule has 2 amide bonds. The molecule has 132 valence electrons. The van der Waals surface area contributed by atoms with Gasteiger partial charge in [-0.3, -0.25) is 9.59 Å². The number of carbonyl (C=O) groups is 2. The number of piperidine rings is 1.